The Morgan fingerprint density at radius 2 is 1.97 bits per heavy atom. The topological polar surface area (TPSA) is 54.5 Å². The number of hydrogen-bond donors (Lipinski definition) is 1. The maximum Gasteiger partial charge on any atom is 0.262 e. The second-order valence-corrected chi connectivity index (χ2v) is 9.72. The normalized spacial score (nSPS) is 13.4. The predicted octanol–water partition coefficient (Wildman–Crippen LogP) is 5.98. The van der Waals surface area contributed by atoms with E-state index in [0.29, 0.717) is 0 Å². The lowest BCUT2D eigenvalue weighted by atomic mass is 10.0. The van der Waals surface area contributed by atoms with Crippen LogP contribution in [0.1, 0.15) is 17.4 Å². The Kier molecular flexibility index (Phi) is 7.29. The van der Waals surface area contributed by atoms with Crippen molar-refractivity contribution in [1.29, 1.82) is 0 Å². The quantitative estimate of drug-likeness (QED) is 0.351. The average molecular weight is 504 g/mol. The van der Waals surface area contributed by atoms with Gasteiger partial charge in [0.15, 0.2) is 18.2 Å². The lowest BCUT2D eigenvalue weighted by molar-refractivity contribution is -0.118. The van der Waals surface area contributed by atoms with Crippen molar-refractivity contribution in [3.63, 3.8) is 0 Å². The van der Waals surface area contributed by atoms with Crippen molar-refractivity contribution >= 4 is 56.2 Å². The second kappa shape index (κ2) is 10.2. The number of nitrogens with zero attached hydrogens (tertiary/aromatic N) is 2. The third-order valence-electron chi connectivity index (χ3n) is 5.54. The van der Waals surface area contributed by atoms with Gasteiger partial charge in [-0.3, -0.25) is 9.69 Å². The Balaban J connectivity index is 0.00000259. The first-order valence-electron chi connectivity index (χ1n) is 10.5. The molecule has 5 rings (SSSR count). The van der Waals surface area contributed by atoms with Gasteiger partial charge in [-0.2, -0.15) is 0 Å². The number of anilines is 1. The van der Waals surface area contributed by atoms with Gasteiger partial charge in [0.25, 0.3) is 5.91 Å². The van der Waals surface area contributed by atoms with Gasteiger partial charge in [-0.15, -0.1) is 35.1 Å². The molecule has 2 aromatic carbocycles. The zero-order valence-electron chi connectivity index (χ0n) is 18.0. The van der Waals surface area contributed by atoms with E-state index in [1.807, 2.05) is 18.2 Å². The number of carbonyl (C=O) groups excluding carboxylic acids is 1. The van der Waals surface area contributed by atoms with Gasteiger partial charge in [-0.05, 0) is 42.8 Å². The molecule has 0 saturated carbocycles. The predicted molar refractivity (Wildman–Crippen MR) is 135 cm³/mol. The number of nitrogens with one attached hydrogen (secondary N) is 1. The average Bonchev–Trinajstić information content (AvgIpc) is 3.38. The van der Waals surface area contributed by atoms with Crippen LogP contribution in [0.4, 0.5) is 9.39 Å². The molecule has 172 valence electrons. The standard InChI is InChI=1S/C24H22FN3O2S2.ClH/c1-2-28-12-11-15-20(13-28)32-24(22(15)23-26-17-8-4-6-10-19(17)31-23)27-21(29)14-30-18-9-5-3-7-16(18)25;/h3-10H,2,11-14H2,1H3,(H,27,29);1H. The number of amides is 1. The van der Waals surface area contributed by atoms with Gasteiger partial charge in [-0.1, -0.05) is 31.2 Å². The number of para-hydroxylation sites is 2. The molecule has 0 fully saturated rings. The van der Waals surface area contributed by atoms with E-state index >= 15 is 0 Å². The van der Waals surface area contributed by atoms with Gasteiger partial charge in [0, 0.05) is 23.5 Å². The summed E-state index contributed by atoms with van der Waals surface area (Å²) in [6.07, 6.45) is 0.923. The summed E-state index contributed by atoms with van der Waals surface area (Å²) in [5, 5.41) is 4.72. The van der Waals surface area contributed by atoms with E-state index in [0.717, 1.165) is 51.8 Å². The van der Waals surface area contributed by atoms with Gasteiger partial charge >= 0.3 is 0 Å². The molecule has 0 spiro atoms. The zero-order valence-corrected chi connectivity index (χ0v) is 20.4. The number of hydrogen-bond acceptors (Lipinski definition) is 6. The van der Waals surface area contributed by atoms with Crippen molar-refractivity contribution in [3.8, 4) is 16.3 Å². The van der Waals surface area contributed by atoms with Gasteiger partial charge < -0.3 is 10.1 Å². The number of carbonyl (C=O) groups is 1. The third-order valence-corrected chi connectivity index (χ3v) is 7.73. The smallest absolute Gasteiger partial charge is 0.262 e. The molecule has 0 saturated heterocycles. The lowest BCUT2D eigenvalue weighted by Crippen LogP contribution is -2.29. The molecule has 0 atom stereocenters. The molecule has 1 N–H and O–H groups in total. The van der Waals surface area contributed by atoms with E-state index in [1.54, 1.807) is 34.8 Å². The van der Waals surface area contributed by atoms with Crippen LogP contribution in [0, 0.1) is 5.82 Å². The summed E-state index contributed by atoms with van der Waals surface area (Å²) in [4.78, 5) is 21.2. The number of thiophene rings is 1. The first-order chi connectivity index (χ1) is 15.6. The summed E-state index contributed by atoms with van der Waals surface area (Å²) in [7, 11) is 0. The lowest BCUT2D eigenvalue weighted by Gasteiger charge is -2.25. The monoisotopic (exact) mass is 503 g/mol. The van der Waals surface area contributed by atoms with Crippen molar-refractivity contribution in [1.82, 2.24) is 9.88 Å². The third kappa shape index (κ3) is 4.89. The van der Waals surface area contributed by atoms with E-state index < -0.39 is 5.82 Å². The molecule has 0 unspecified atom stereocenters. The van der Waals surface area contributed by atoms with E-state index in [-0.39, 0.29) is 30.7 Å². The molecule has 0 aliphatic carbocycles. The van der Waals surface area contributed by atoms with Crippen LogP contribution in [0.5, 0.6) is 5.75 Å². The van der Waals surface area contributed by atoms with E-state index in [9.17, 15) is 9.18 Å². The Hall–Kier alpha value is -2.52. The largest absolute Gasteiger partial charge is 0.481 e. The molecule has 33 heavy (non-hydrogen) atoms. The highest BCUT2D eigenvalue weighted by atomic mass is 35.5. The van der Waals surface area contributed by atoms with Gasteiger partial charge in [0.1, 0.15) is 10.0 Å². The van der Waals surface area contributed by atoms with E-state index in [4.69, 9.17) is 9.72 Å². The van der Waals surface area contributed by atoms with Gasteiger partial charge in [-0.25, -0.2) is 9.37 Å². The summed E-state index contributed by atoms with van der Waals surface area (Å²) >= 11 is 3.24. The molecule has 0 radical (unpaired) electrons. The highest BCUT2D eigenvalue weighted by Crippen LogP contribution is 2.45. The number of benzene rings is 2. The molecule has 1 amide bonds. The van der Waals surface area contributed by atoms with Crippen LogP contribution in [0.25, 0.3) is 20.8 Å². The first-order valence-corrected chi connectivity index (χ1v) is 12.2. The Labute approximate surface area is 205 Å². The summed E-state index contributed by atoms with van der Waals surface area (Å²) in [6, 6.07) is 14.1. The van der Waals surface area contributed by atoms with E-state index in [2.05, 4.69) is 23.2 Å². The summed E-state index contributed by atoms with van der Waals surface area (Å²) in [5.41, 5.74) is 3.24. The number of likely N-dealkylation sites (N-methyl/N-ethyl adjacent to an activating group) is 1. The first kappa shape index (κ1) is 23.6. The van der Waals surface area contributed by atoms with Crippen LogP contribution in [0.15, 0.2) is 48.5 Å². The number of halogens is 2. The van der Waals surface area contributed by atoms with Gasteiger partial charge in [0.05, 0.1) is 10.2 Å². The molecule has 9 heteroatoms. The highest BCUT2D eigenvalue weighted by molar-refractivity contribution is 7.22. The van der Waals surface area contributed by atoms with Gasteiger partial charge in [0.2, 0.25) is 0 Å². The number of thiazole rings is 1. The number of fused-ring (bicyclic) bond motifs is 2. The molecule has 5 nitrogen and oxygen atoms in total. The number of rotatable bonds is 6. The van der Waals surface area contributed by atoms with E-state index in [1.165, 1.54) is 22.6 Å². The molecular formula is C24H23ClFN3O2S2. The number of aromatic nitrogens is 1. The minimum absolute atomic E-state index is 0. The summed E-state index contributed by atoms with van der Waals surface area (Å²) in [6.45, 7) is 4.75. The molecule has 0 bridgehead atoms. The maximum atomic E-state index is 13.8. The Morgan fingerprint density at radius 3 is 2.76 bits per heavy atom. The van der Waals surface area contributed by atoms with Crippen LogP contribution in [-0.2, 0) is 17.8 Å². The number of ether oxygens (including phenoxy) is 1. The van der Waals surface area contributed by atoms with Crippen molar-refractivity contribution < 1.29 is 13.9 Å². The van der Waals surface area contributed by atoms with Crippen LogP contribution >= 0.6 is 35.1 Å². The van der Waals surface area contributed by atoms with Crippen molar-refractivity contribution in [2.45, 2.75) is 19.9 Å². The minimum atomic E-state index is -0.485. The zero-order chi connectivity index (χ0) is 22.1. The van der Waals surface area contributed by atoms with Crippen LogP contribution in [0.3, 0.4) is 0 Å². The molecule has 2 aromatic heterocycles. The van der Waals surface area contributed by atoms with Crippen molar-refractivity contribution in [3.05, 3.63) is 64.8 Å². The van der Waals surface area contributed by atoms with Crippen LogP contribution < -0.4 is 10.1 Å². The molecule has 1 aliphatic heterocycles. The molecule has 4 aromatic rings. The Bertz CT molecular complexity index is 1260. The highest BCUT2D eigenvalue weighted by Gasteiger charge is 2.27. The van der Waals surface area contributed by atoms with Crippen LogP contribution in [0.2, 0.25) is 0 Å². The molecule has 1 aliphatic rings. The molecule has 3 heterocycles. The summed E-state index contributed by atoms with van der Waals surface area (Å²) < 4.78 is 20.3. The Morgan fingerprint density at radius 1 is 1.18 bits per heavy atom. The fourth-order valence-electron chi connectivity index (χ4n) is 3.89. The maximum absolute atomic E-state index is 13.8. The second-order valence-electron chi connectivity index (χ2n) is 7.58. The van der Waals surface area contributed by atoms with Crippen molar-refractivity contribution in [2.24, 2.45) is 0 Å². The minimum Gasteiger partial charge on any atom is -0.481 e. The van der Waals surface area contributed by atoms with Crippen molar-refractivity contribution in [2.75, 3.05) is 25.0 Å². The summed E-state index contributed by atoms with van der Waals surface area (Å²) in [5.74, 6) is -0.735. The van der Waals surface area contributed by atoms with Crippen LogP contribution in [-0.4, -0.2) is 35.5 Å². The molecular weight excluding hydrogens is 481 g/mol. The SMILES string of the molecule is CCN1CCc2c(sc(NC(=O)COc3ccccc3F)c2-c2nc3ccccc3s2)C1.Cl. The fourth-order valence-corrected chi connectivity index (χ4v) is 6.30. The fraction of sp³-hybridized carbons (Fsp3) is 0.250.